The molecule has 1 aromatic carbocycles. The van der Waals surface area contributed by atoms with Crippen LogP contribution in [-0.2, 0) is 6.54 Å². The second-order valence-corrected chi connectivity index (χ2v) is 10.2. The van der Waals surface area contributed by atoms with Crippen LogP contribution in [0, 0.1) is 5.92 Å². The average molecular weight is 549 g/mol. The number of carbonyl (C=O) groups excluding carboxylic acids is 2. The number of ether oxygens (including phenoxy) is 2. The van der Waals surface area contributed by atoms with Crippen molar-refractivity contribution < 1.29 is 24.2 Å². The maximum absolute atomic E-state index is 13.2. The molecule has 0 fully saturated rings. The Morgan fingerprint density at radius 3 is 2.74 bits per heavy atom. The lowest BCUT2D eigenvalue weighted by Crippen LogP contribution is -2.57. The zero-order valence-electron chi connectivity index (χ0n) is 20.6. The van der Waals surface area contributed by atoms with E-state index in [9.17, 15) is 14.7 Å². The monoisotopic (exact) mass is 548 g/mol. The van der Waals surface area contributed by atoms with Gasteiger partial charge in [0.25, 0.3) is 0 Å². The van der Waals surface area contributed by atoms with Crippen molar-refractivity contribution in [2.45, 2.75) is 57.7 Å². The number of nitrogens with one attached hydrogen (secondary N) is 2. The minimum atomic E-state index is -0.819. The highest BCUT2D eigenvalue weighted by atomic mass is 79.9. The van der Waals surface area contributed by atoms with Gasteiger partial charge < -0.3 is 30.1 Å². The minimum Gasteiger partial charge on any atom is -0.488 e. The van der Waals surface area contributed by atoms with Gasteiger partial charge in [-0.3, -0.25) is 4.99 Å². The molecular weight excluding hydrogens is 516 g/mol. The molecule has 4 atom stereocenters. The number of hydrogen-bond acceptors (Lipinski definition) is 6. The lowest BCUT2D eigenvalue weighted by atomic mass is 9.73. The standard InChI is InChI=1S/C25H33BrN4O5/c1-5-28-23(32)30-12-15-9-18(35-24(33)29-6-2)21(26)22-20(15)19-14(11-25(30,3)13-31)7-8-16(27-4)10-17(19)34-22/h7-9,14,17,19,31H,5-6,10-13H2,1-4H3,(H,28,32)(H,29,33)/t14?,17-,19?,25+/m1/s1. The summed E-state index contributed by atoms with van der Waals surface area (Å²) in [5, 5.41) is 16.1. The molecule has 0 aromatic heterocycles. The number of hydrogen-bond donors (Lipinski definition) is 3. The van der Waals surface area contributed by atoms with Crippen molar-refractivity contribution in [3.05, 3.63) is 33.8 Å². The molecule has 0 saturated heterocycles. The van der Waals surface area contributed by atoms with Crippen LogP contribution in [0.5, 0.6) is 11.5 Å². The molecule has 35 heavy (non-hydrogen) atoms. The van der Waals surface area contributed by atoms with E-state index in [0.29, 0.717) is 41.9 Å². The largest absolute Gasteiger partial charge is 0.488 e. The highest BCUT2D eigenvalue weighted by Gasteiger charge is 2.49. The molecule has 2 heterocycles. The van der Waals surface area contributed by atoms with Gasteiger partial charge in [0.15, 0.2) is 5.75 Å². The fourth-order valence-electron chi connectivity index (χ4n) is 5.39. The van der Waals surface area contributed by atoms with E-state index in [1.165, 1.54) is 0 Å². The average Bonchev–Trinajstić information content (AvgIpc) is 3.12. The number of carbonyl (C=O) groups is 2. The molecule has 3 aliphatic rings. The maximum Gasteiger partial charge on any atom is 0.412 e. The Morgan fingerprint density at radius 2 is 2.09 bits per heavy atom. The van der Waals surface area contributed by atoms with E-state index < -0.39 is 11.6 Å². The summed E-state index contributed by atoms with van der Waals surface area (Å²) in [6.45, 7) is 6.54. The molecule has 10 heteroatoms. The smallest absolute Gasteiger partial charge is 0.412 e. The van der Waals surface area contributed by atoms with Crippen LogP contribution in [0.2, 0.25) is 0 Å². The first kappa shape index (κ1) is 25.5. The van der Waals surface area contributed by atoms with Gasteiger partial charge >= 0.3 is 12.1 Å². The van der Waals surface area contributed by atoms with E-state index in [-0.39, 0.29) is 37.1 Å². The molecule has 190 valence electrons. The quantitative estimate of drug-likeness (QED) is 0.530. The lowest BCUT2D eigenvalue weighted by molar-refractivity contribution is 0.0384. The van der Waals surface area contributed by atoms with E-state index in [0.717, 1.165) is 16.8 Å². The van der Waals surface area contributed by atoms with Crippen molar-refractivity contribution in [3.63, 3.8) is 0 Å². The Balaban J connectivity index is 1.91. The summed E-state index contributed by atoms with van der Waals surface area (Å²) < 4.78 is 12.7. The van der Waals surface area contributed by atoms with Gasteiger partial charge in [0.1, 0.15) is 16.3 Å². The van der Waals surface area contributed by atoms with Gasteiger partial charge in [-0.1, -0.05) is 6.08 Å². The third-order valence-electron chi connectivity index (χ3n) is 7.10. The number of allylic oxidation sites excluding steroid dienone is 2. The predicted molar refractivity (Wildman–Crippen MR) is 136 cm³/mol. The van der Waals surface area contributed by atoms with Crippen LogP contribution < -0.4 is 20.1 Å². The van der Waals surface area contributed by atoms with E-state index in [1.807, 2.05) is 26.8 Å². The lowest BCUT2D eigenvalue weighted by Gasteiger charge is -2.45. The van der Waals surface area contributed by atoms with Gasteiger partial charge in [-0.05, 0) is 66.7 Å². The molecule has 0 saturated carbocycles. The number of aliphatic hydroxyl groups excluding tert-OH is 1. The zero-order valence-corrected chi connectivity index (χ0v) is 22.1. The summed E-state index contributed by atoms with van der Waals surface area (Å²) in [7, 11) is 1.77. The highest BCUT2D eigenvalue weighted by Crippen LogP contribution is 2.55. The van der Waals surface area contributed by atoms with Crippen LogP contribution in [-0.4, -0.2) is 66.2 Å². The summed E-state index contributed by atoms with van der Waals surface area (Å²) in [5.41, 5.74) is 1.94. The number of aliphatic hydroxyl groups is 1. The maximum atomic E-state index is 13.2. The van der Waals surface area contributed by atoms with E-state index in [2.05, 4.69) is 37.6 Å². The molecule has 0 radical (unpaired) electrons. The first-order valence-electron chi connectivity index (χ1n) is 12.0. The predicted octanol–water partition coefficient (Wildman–Crippen LogP) is 3.74. The molecule has 2 aliphatic heterocycles. The molecule has 1 aliphatic carbocycles. The highest BCUT2D eigenvalue weighted by molar-refractivity contribution is 9.10. The van der Waals surface area contributed by atoms with Gasteiger partial charge in [-0.25, -0.2) is 9.59 Å². The zero-order chi connectivity index (χ0) is 25.3. The number of amides is 3. The normalized spacial score (nSPS) is 27.9. The van der Waals surface area contributed by atoms with E-state index in [4.69, 9.17) is 9.47 Å². The van der Waals surface area contributed by atoms with Crippen LogP contribution in [0.4, 0.5) is 9.59 Å². The van der Waals surface area contributed by atoms with Gasteiger partial charge in [-0.15, -0.1) is 0 Å². The van der Waals surface area contributed by atoms with Gasteiger partial charge in [0, 0.05) is 50.3 Å². The van der Waals surface area contributed by atoms with Gasteiger partial charge in [-0.2, -0.15) is 0 Å². The van der Waals surface area contributed by atoms with Crippen LogP contribution in [0.25, 0.3) is 0 Å². The van der Waals surface area contributed by atoms with Crippen LogP contribution in [0.3, 0.4) is 0 Å². The number of rotatable bonds is 4. The Bertz CT molecular complexity index is 1070. The Morgan fingerprint density at radius 1 is 1.34 bits per heavy atom. The summed E-state index contributed by atoms with van der Waals surface area (Å²) >= 11 is 3.61. The molecule has 9 nitrogen and oxygen atoms in total. The summed E-state index contributed by atoms with van der Waals surface area (Å²) in [4.78, 5) is 31.6. The Labute approximate surface area is 214 Å². The van der Waals surface area contributed by atoms with Crippen LogP contribution >= 0.6 is 15.9 Å². The minimum absolute atomic E-state index is 0.00400. The summed E-state index contributed by atoms with van der Waals surface area (Å²) in [6, 6.07) is 1.55. The fourth-order valence-corrected chi connectivity index (χ4v) is 5.89. The van der Waals surface area contributed by atoms with Crippen molar-refractivity contribution in [2.24, 2.45) is 10.9 Å². The van der Waals surface area contributed by atoms with Gasteiger partial charge in [0.05, 0.1) is 12.1 Å². The number of aliphatic imine (C=N–C) groups is 1. The molecule has 0 spiro atoms. The molecule has 4 rings (SSSR count). The second-order valence-electron chi connectivity index (χ2n) is 9.42. The van der Waals surface area contributed by atoms with E-state index >= 15 is 0 Å². The van der Waals surface area contributed by atoms with Crippen LogP contribution in [0.1, 0.15) is 50.7 Å². The molecule has 2 unspecified atom stereocenters. The molecule has 1 aromatic rings. The van der Waals surface area contributed by atoms with Crippen molar-refractivity contribution in [2.75, 3.05) is 26.7 Å². The second kappa shape index (κ2) is 10.2. The molecule has 3 amide bonds. The van der Waals surface area contributed by atoms with Gasteiger partial charge in [0.2, 0.25) is 0 Å². The molecule has 3 N–H and O–H groups in total. The topological polar surface area (TPSA) is 112 Å². The van der Waals surface area contributed by atoms with Crippen molar-refractivity contribution in [1.82, 2.24) is 15.5 Å². The molecular formula is C25H33BrN4O5. The van der Waals surface area contributed by atoms with Crippen molar-refractivity contribution >= 4 is 33.8 Å². The number of halogens is 1. The summed E-state index contributed by atoms with van der Waals surface area (Å²) in [5.74, 6) is 0.957. The Hall–Kier alpha value is -2.59. The van der Waals surface area contributed by atoms with Crippen molar-refractivity contribution in [1.29, 1.82) is 0 Å². The third kappa shape index (κ3) is 4.65. The number of nitrogens with zero attached hydrogens (tertiary/aromatic N) is 2. The number of urea groups is 1. The first-order chi connectivity index (χ1) is 16.8. The Kier molecular flexibility index (Phi) is 7.42. The van der Waals surface area contributed by atoms with Crippen molar-refractivity contribution in [3.8, 4) is 11.5 Å². The summed E-state index contributed by atoms with van der Waals surface area (Å²) in [6.07, 6.45) is 4.63. The third-order valence-corrected chi connectivity index (χ3v) is 7.85. The van der Waals surface area contributed by atoms with Crippen LogP contribution in [0.15, 0.2) is 27.7 Å². The number of benzene rings is 1. The van der Waals surface area contributed by atoms with E-state index in [1.54, 1.807) is 18.0 Å². The first-order valence-corrected chi connectivity index (χ1v) is 12.8. The SMILES string of the molecule is CCNC(=O)Oc1cc2c3c(c1Br)O[C@@H]1CC(=NC)C=CC(C[C@@](C)(CO)N(C(=O)NCC)C2)C31. The molecule has 0 bridgehead atoms. The fraction of sp³-hybridized carbons (Fsp3) is 0.560.